The molecule has 8 heteroatoms. The molecule has 1 atom stereocenters. The Morgan fingerprint density at radius 2 is 1.95 bits per heavy atom. The Kier molecular flexibility index (Phi) is 3.53. The lowest BCUT2D eigenvalue weighted by Gasteiger charge is -2.43. The van der Waals surface area contributed by atoms with Crippen molar-refractivity contribution in [3.8, 4) is 5.75 Å². The van der Waals surface area contributed by atoms with Gasteiger partial charge in [-0.05, 0) is 24.6 Å². The van der Waals surface area contributed by atoms with Gasteiger partial charge >= 0.3 is 17.8 Å². The molecular weight excluding hydrogens is 301 g/mol. The average molecular weight is 317 g/mol. The van der Waals surface area contributed by atoms with Gasteiger partial charge in [0.1, 0.15) is 13.1 Å². The van der Waals surface area contributed by atoms with E-state index in [1.54, 1.807) is 19.1 Å². The number of morpholine rings is 1. The summed E-state index contributed by atoms with van der Waals surface area (Å²) in [6.07, 6.45) is -4.84. The van der Waals surface area contributed by atoms with E-state index in [2.05, 4.69) is 5.32 Å². The first-order valence-electron chi connectivity index (χ1n) is 6.95. The number of quaternary nitrogens is 1. The van der Waals surface area contributed by atoms with Crippen LogP contribution in [0.25, 0.3) is 0 Å². The van der Waals surface area contributed by atoms with E-state index < -0.39 is 17.8 Å². The van der Waals surface area contributed by atoms with Gasteiger partial charge in [-0.15, -0.1) is 0 Å². The molecule has 2 aliphatic rings. The van der Waals surface area contributed by atoms with Gasteiger partial charge in [0.25, 0.3) is 0 Å². The van der Waals surface area contributed by atoms with Gasteiger partial charge in [0.2, 0.25) is 0 Å². The van der Waals surface area contributed by atoms with Gasteiger partial charge in [-0.25, -0.2) is 0 Å². The van der Waals surface area contributed by atoms with Gasteiger partial charge in [-0.1, -0.05) is 6.07 Å². The zero-order valence-corrected chi connectivity index (χ0v) is 11.9. The summed E-state index contributed by atoms with van der Waals surface area (Å²) in [5.74, 6) is -1.16. The summed E-state index contributed by atoms with van der Waals surface area (Å²) in [6, 6.07) is 4.68. The molecule has 1 aromatic rings. The third-order valence-corrected chi connectivity index (χ3v) is 3.96. The number of hydrogen-bond donors (Lipinski definition) is 2. The lowest BCUT2D eigenvalue weighted by atomic mass is 10.1. The lowest BCUT2D eigenvalue weighted by Crippen LogP contribution is -3.26. The van der Waals surface area contributed by atoms with Gasteiger partial charge in [-0.3, -0.25) is 9.69 Å². The highest BCUT2D eigenvalue weighted by Gasteiger charge is 2.73. The molecule has 0 aliphatic carbocycles. The van der Waals surface area contributed by atoms with Crippen molar-refractivity contribution in [3.63, 3.8) is 0 Å². The van der Waals surface area contributed by atoms with E-state index in [0.29, 0.717) is 0 Å². The van der Waals surface area contributed by atoms with Crippen molar-refractivity contribution < 1.29 is 32.3 Å². The number of carbonyl (C=O) groups excluding carboxylic acids is 1. The number of carbonyl (C=O) groups is 1. The zero-order valence-electron chi connectivity index (χ0n) is 11.9. The molecule has 1 aromatic carbocycles. The maximum Gasteiger partial charge on any atom is 0.496 e. The van der Waals surface area contributed by atoms with Gasteiger partial charge in [0.05, 0.1) is 18.9 Å². The van der Waals surface area contributed by atoms with Gasteiger partial charge < -0.3 is 14.8 Å². The summed E-state index contributed by atoms with van der Waals surface area (Å²) >= 11 is 0. The average Bonchev–Trinajstić information content (AvgIpc) is 2.46. The number of aryl methyl sites for hydroxylation is 1. The number of fused-ring (bicyclic) bond motifs is 1. The van der Waals surface area contributed by atoms with Crippen LogP contribution in [0.1, 0.15) is 5.56 Å². The van der Waals surface area contributed by atoms with Crippen molar-refractivity contribution in [2.45, 2.75) is 18.8 Å². The highest BCUT2D eigenvalue weighted by Crippen LogP contribution is 2.39. The highest BCUT2D eigenvalue weighted by atomic mass is 19.4. The molecule has 0 radical (unpaired) electrons. The Morgan fingerprint density at radius 3 is 2.59 bits per heavy atom. The number of halogens is 3. The molecule has 5 nitrogen and oxygen atoms in total. The summed E-state index contributed by atoms with van der Waals surface area (Å²) in [6.45, 7) is 2.20. The van der Waals surface area contributed by atoms with E-state index >= 15 is 0 Å². The smallest absolute Gasteiger partial charge is 0.423 e. The Balaban J connectivity index is 2.06. The molecule has 22 heavy (non-hydrogen) atoms. The van der Waals surface area contributed by atoms with Crippen LogP contribution in [-0.4, -0.2) is 44.1 Å². The van der Waals surface area contributed by atoms with E-state index in [1.165, 1.54) is 6.07 Å². The van der Waals surface area contributed by atoms with Crippen LogP contribution >= 0.6 is 0 Å². The SMILES string of the molecule is Cc1ccc2c(c1)NC(=O)[C@]([NH+]1CCOCC1)(C(F)(F)F)O2. The third-order valence-electron chi connectivity index (χ3n) is 3.96. The predicted molar refractivity (Wildman–Crippen MR) is 70.7 cm³/mol. The third kappa shape index (κ3) is 2.22. The standard InChI is InChI=1S/C14H15F3N2O3/c1-9-2-3-11-10(8-9)18-12(20)13(22-11,14(15,16)17)19-4-6-21-7-5-19/h2-3,8H,4-7H2,1H3,(H,18,20)/p+1/t13-/m1/s1. The number of nitrogens with one attached hydrogen (secondary N) is 2. The summed E-state index contributed by atoms with van der Waals surface area (Å²) < 4.78 is 51.6. The molecular formula is C14H16F3N2O3+. The molecule has 3 rings (SSSR count). The second-order valence-electron chi connectivity index (χ2n) is 5.45. The van der Waals surface area contributed by atoms with E-state index in [4.69, 9.17) is 9.47 Å². The molecule has 2 heterocycles. The first-order chi connectivity index (χ1) is 10.3. The lowest BCUT2D eigenvalue weighted by molar-refractivity contribution is -0.982. The van der Waals surface area contributed by atoms with Crippen LogP contribution in [-0.2, 0) is 9.53 Å². The van der Waals surface area contributed by atoms with Crippen LogP contribution in [0.5, 0.6) is 5.75 Å². The molecule has 0 saturated carbocycles. The highest BCUT2D eigenvalue weighted by molar-refractivity contribution is 6.00. The Labute approximate surface area is 125 Å². The van der Waals surface area contributed by atoms with Gasteiger partial charge in [0, 0.05) is 0 Å². The van der Waals surface area contributed by atoms with Crippen LogP contribution in [0.4, 0.5) is 18.9 Å². The zero-order chi connectivity index (χ0) is 16.0. The van der Waals surface area contributed by atoms with E-state index in [-0.39, 0.29) is 42.6 Å². The maximum atomic E-state index is 13.8. The van der Waals surface area contributed by atoms with Crippen molar-refractivity contribution in [2.24, 2.45) is 0 Å². The fourth-order valence-corrected chi connectivity index (χ4v) is 2.84. The number of anilines is 1. The van der Waals surface area contributed by atoms with Crippen LogP contribution in [0, 0.1) is 6.92 Å². The quantitative estimate of drug-likeness (QED) is 0.793. The topological polar surface area (TPSA) is 52.0 Å². The number of amides is 1. The number of alkyl halides is 3. The molecule has 0 aromatic heterocycles. The van der Waals surface area contributed by atoms with E-state index in [1.807, 2.05) is 0 Å². The maximum absolute atomic E-state index is 13.8. The molecule has 1 fully saturated rings. The summed E-state index contributed by atoms with van der Waals surface area (Å²) in [4.78, 5) is 12.3. The van der Waals surface area contributed by atoms with Crippen LogP contribution in [0.3, 0.4) is 0 Å². The molecule has 0 unspecified atom stereocenters. The van der Waals surface area contributed by atoms with Crippen molar-refractivity contribution >= 4 is 11.6 Å². The Morgan fingerprint density at radius 1 is 1.27 bits per heavy atom. The second-order valence-corrected chi connectivity index (χ2v) is 5.45. The Bertz CT molecular complexity index is 599. The predicted octanol–water partition coefficient (Wildman–Crippen LogP) is 0.500. The first kappa shape index (κ1) is 15.1. The number of hydrogen-bond acceptors (Lipinski definition) is 3. The molecule has 2 N–H and O–H groups in total. The fourth-order valence-electron chi connectivity index (χ4n) is 2.84. The normalized spacial score (nSPS) is 26.1. The minimum atomic E-state index is -4.84. The minimum absolute atomic E-state index is 0.00924. The summed E-state index contributed by atoms with van der Waals surface area (Å²) in [7, 11) is 0. The van der Waals surface area contributed by atoms with Crippen molar-refractivity contribution in [1.82, 2.24) is 0 Å². The van der Waals surface area contributed by atoms with E-state index in [0.717, 1.165) is 5.56 Å². The molecule has 120 valence electrons. The molecule has 1 saturated heterocycles. The monoisotopic (exact) mass is 317 g/mol. The van der Waals surface area contributed by atoms with Crippen LogP contribution < -0.4 is 15.0 Å². The van der Waals surface area contributed by atoms with Gasteiger partial charge in [-0.2, -0.15) is 13.2 Å². The summed E-state index contributed by atoms with van der Waals surface area (Å²) in [5, 5.41) is 2.35. The minimum Gasteiger partial charge on any atom is -0.423 e. The molecule has 0 bridgehead atoms. The summed E-state index contributed by atoms with van der Waals surface area (Å²) in [5.41, 5.74) is -1.85. The van der Waals surface area contributed by atoms with Crippen molar-refractivity contribution in [2.75, 3.05) is 31.6 Å². The largest absolute Gasteiger partial charge is 0.496 e. The molecule has 2 aliphatic heterocycles. The number of benzene rings is 1. The van der Waals surface area contributed by atoms with E-state index in [9.17, 15) is 18.0 Å². The Hall–Kier alpha value is -1.80. The molecule has 1 amide bonds. The number of ether oxygens (including phenoxy) is 2. The van der Waals surface area contributed by atoms with Crippen LogP contribution in [0.15, 0.2) is 18.2 Å². The molecule has 0 spiro atoms. The first-order valence-corrected chi connectivity index (χ1v) is 6.95. The van der Waals surface area contributed by atoms with Crippen LogP contribution in [0.2, 0.25) is 0 Å². The van der Waals surface area contributed by atoms with Crippen molar-refractivity contribution in [1.29, 1.82) is 0 Å². The number of rotatable bonds is 1. The second kappa shape index (κ2) is 5.13. The fraction of sp³-hybridized carbons (Fsp3) is 0.500. The van der Waals surface area contributed by atoms with Gasteiger partial charge in [0.15, 0.2) is 5.75 Å². The van der Waals surface area contributed by atoms with Crippen molar-refractivity contribution in [3.05, 3.63) is 23.8 Å².